The van der Waals surface area contributed by atoms with Crippen LogP contribution in [0.4, 0.5) is 11.8 Å². The molecule has 1 amide bonds. The topological polar surface area (TPSA) is 517 Å². The maximum absolute atomic E-state index is 13.7. The summed E-state index contributed by atoms with van der Waals surface area (Å²) in [6.07, 6.45) is -13.0. The number of imidazole rings is 2. The number of aliphatic hydroxyl groups excluding tert-OH is 2. The number of carbonyl (C=O) groups excluding carboxylic acids is 1. The highest BCUT2D eigenvalue weighted by atomic mass is 31.3. The van der Waals surface area contributed by atoms with Crippen molar-refractivity contribution >= 4 is 71.3 Å². The summed E-state index contributed by atoms with van der Waals surface area (Å²) in [6, 6.07) is 0.990. The standard InChI is InChI=1S/C36H51N13O25P4/c1-45(2)20(51)8-15-16(69-32(23(15)52)49-14-46(3)22-30(49)43-35(38)44-31(22)54)9-67-76(58,59)73-78(62,63)74-77(60,61)68-11-18-25(27(65-5)34(71-18)48-13-41-21-28(37)39-12-40-29(21)48)72-75(56,57)66-10-17-24(53)26(64-4)33(70-17)47-7-6-19(50)42-36(47)55/h6-7,12-18,23-27,32-34,52-53H,8-11H2,1-5H3,(H9-,37,38,39,40,42,43,44,50,54,55,56,57,58,59,60,61,62,63)/p+1/t15-,16-,17-,18-,23-,24-,25-,26-,27-,32-,33-,34-/m1/s1. The van der Waals surface area contributed by atoms with Gasteiger partial charge >= 0.3 is 42.6 Å². The van der Waals surface area contributed by atoms with Crippen LogP contribution >= 0.6 is 31.3 Å². The van der Waals surface area contributed by atoms with Gasteiger partial charge in [-0.2, -0.15) is 8.62 Å². The molecular weight excluding hydrogens is 1140 g/mol. The number of aliphatic hydroxyl groups is 2. The van der Waals surface area contributed by atoms with Crippen molar-refractivity contribution in [1.82, 2.24) is 48.5 Å². The third kappa shape index (κ3) is 12.6. The first-order chi connectivity index (χ1) is 36.5. The maximum Gasteiger partial charge on any atom is 0.490 e. The maximum atomic E-state index is 13.7. The van der Waals surface area contributed by atoms with E-state index in [0.29, 0.717) is 0 Å². The monoisotopic (exact) mass is 1190 g/mol. The Kier molecular flexibility index (Phi) is 17.2. The van der Waals surface area contributed by atoms with Gasteiger partial charge < -0.3 is 69.8 Å². The summed E-state index contributed by atoms with van der Waals surface area (Å²) >= 11 is 0. The van der Waals surface area contributed by atoms with Gasteiger partial charge in [-0.15, -0.1) is 0 Å². The molecule has 0 bridgehead atoms. The number of anilines is 2. The van der Waals surface area contributed by atoms with Crippen molar-refractivity contribution in [3.63, 3.8) is 0 Å². The number of fused-ring (bicyclic) bond motifs is 2. The number of ether oxygens (including phenoxy) is 5. The normalized spacial score (nSPS) is 29.6. The molecule has 0 spiro atoms. The molecule has 78 heavy (non-hydrogen) atoms. The number of phosphoric ester groups is 3. The first-order valence-corrected chi connectivity index (χ1v) is 28.5. The molecule has 42 heteroatoms. The lowest BCUT2D eigenvalue weighted by Crippen LogP contribution is -2.45. The molecule has 3 aliphatic heterocycles. The number of nitrogen functional groups attached to an aromatic ring is 2. The number of aromatic nitrogens is 10. The van der Waals surface area contributed by atoms with E-state index in [-0.39, 0.29) is 34.1 Å². The van der Waals surface area contributed by atoms with Gasteiger partial charge in [-0.05, 0) is 0 Å². The summed E-state index contributed by atoms with van der Waals surface area (Å²) < 4.78 is 116. The molecule has 3 saturated heterocycles. The summed E-state index contributed by atoms with van der Waals surface area (Å²) in [5.41, 5.74) is 9.34. The quantitative estimate of drug-likeness (QED) is 0.0238. The number of methoxy groups -OCH3 is 2. The van der Waals surface area contributed by atoms with E-state index >= 15 is 0 Å². The van der Waals surface area contributed by atoms with E-state index in [1.165, 1.54) is 53.2 Å². The second-order valence-electron chi connectivity index (χ2n) is 17.6. The van der Waals surface area contributed by atoms with Gasteiger partial charge in [0.05, 0.1) is 39.3 Å². The Morgan fingerprint density at radius 1 is 0.795 bits per heavy atom. The number of nitrogens with two attached hydrogens (primary N) is 2. The molecule has 5 aromatic rings. The minimum Gasteiger partial charge on any atom is -0.387 e. The highest BCUT2D eigenvalue weighted by molar-refractivity contribution is 7.66. The Hall–Kier alpha value is -5.11. The van der Waals surface area contributed by atoms with Crippen molar-refractivity contribution in [1.29, 1.82) is 0 Å². The van der Waals surface area contributed by atoms with Gasteiger partial charge in [0.1, 0.15) is 54.6 Å². The third-order valence-electron chi connectivity index (χ3n) is 12.3. The number of aromatic amines is 2. The van der Waals surface area contributed by atoms with E-state index in [1.54, 1.807) is 0 Å². The van der Waals surface area contributed by atoms with Gasteiger partial charge in [0.15, 0.2) is 30.2 Å². The second kappa shape index (κ2) is 22.8. The summed E-state index contributed by atoms with van der Waals surface area (Å²) in [6.45, 7) is -3.25. The number of hydrogen-bond acceptors (Lipinski definition) is 27. The van der Waals surface area contributed by atoms with E-state index in [0.717, 1.165) is 36.6 Å². The van der Waals surface area contributed by atoms with Crippen LogP contribution in [-0.2, 0) is 80.5 Å². The van der Waals surface area contributed by atoms with E-state index in [2.05, 4.69) is 33.5 Å². The van der Waals surface area contributed by atoms with Crippen LogP contribution in [0, 0.1) is 5.92 Å². The number of nitrogens with zero attached hydrogens (tertiary/aromatic N) is 9. The zero-order valence-electron chi connectivity index (χ0n) is 41.1. The molecule has 0 saturated carbocycles. The Labute approximate surface area is 435 Å². The minimum atomic E-state index is -6.23. The molecule has 0 aliphatic carbocycles. The predicted molar refractivity (Wildman–Crippen MR) is 253 cm³/mol. The number of phosphoric acid groups is 4. The Morgan fingerprint density at radius 3 is 2.05 bits per heavy atom. The molecule has 8 heterocycles. The number of nitrogens with one attached hydrogen (secondary N) is 2. The predicted octanol–water partition coefficient (Wildman–Crippen LogP) is -3.49. The molecule has 16 atom stereocenters. The largest absolute Gasteiger partial charge is 0.490 e. The Balaban J connectivity index is 0.955. The van der Waals surface area contributed by atoms with Crippen molar-refractivity contribution in [2.24, 2.45) is 13.0 Å². The number of H-pyrrole nitrogens is 2. The number of aryl methyl sites for hydroxylation is 1. The molecule has 3 fully saturated rings. The van der Waals surface area contributed by atoms with Gasteiger partial charge in [0, 0.05) is 52.9 Å². The van der Waals surface area contributed by atoms with Gasteiger partial charge in [-0.3, -0.25) is 56.1 Å². The first-order valence-electron chi connectivity index (χ1n) is 22.5. The SMILES string of the molecule is CO[C@@H]1[C@H](O)[C@@H](COP(=O)(O)O[C@H]2[C@@H](OC)[C@H](n3cnc4c(N)ncnc43)O[C@@H]2COP(=O)(O)OP(=O)(O)OP(=O)(O)OC[C@H]2O[C@@H]([n+]3cn(C)c4c(=O)[nH]c(N)nc43)[C@H](O)[C@@H]2CC(=O)N(C)C)O[C@H]1n1ccc(=O)[nH]c1=O. The summed E-state index contributed by atoms with van der Waals surface area (Å²) in [5.74, 6) is -2.18. The van der Waals surface area contributed by atoms with Crippen LogP contribution in [0.15, 0.2) is 45.6 Å². The van der Waals surface area contributed by atoms with E-state index in [9.17, 15) is 67.2 Å². The van der Waals surface area contributed by atoms with Crippen LogP contribution in [0.3, 0.4) is 0 Å². The van der Waals surface area contributed by atoms with E-state index in [4.69, 9.17) is 53.2 Å². The lowest BCUT2D eigenvalue weighted by atomic mass is 9.94. The molecule has 8 rings (SSSR count). The third-order valence-corrected chi connectivity index (χ3v) is 17.5. The van der Waals surface area contributed by atoms with Crippen LogP contribution in [0.25, 0.3) is 22.3 Å². The summed E-state index contributed by atoms with van der Waals surface area (Å²) in [4.78, 5) is 114. The average molecular weight is 1190 g/mol. The zero-order chi connectivity index (χ0) is 57.0. The number of rotatable bonds is 22. The summed E-state index contributed by atoms with van der Waals surface area (Å²) in [5, 5.41) is 22.5. The highest BCUT2D eigenvalue weighted by Gasteiger charge is 2.54. The fourth-order valence-corrected chi connectivity index (χ4v) is 13.2. The van der Waals surface area contributed by atoms with Crippen LogP contribution < -0.4 is 32.8 Å². The van der Waals surface area contributed by atoms with Gasteiger partial charge in [0.2, 0.25) is 17.7 Å². The van der Waals surface area contributed by atoms with Crippen molar-refractivity contribution in [2.75, 3.05) is 59.6 Å². The first kappa shape index (κ1) is 59.0. The average Bonchev–Trinajstić information content (AvgIpc) is 4.28. The lowest BCUT2D eigenvalue weighted by Gasteiger charge is -2.26. The number of amides is 1. The van der Waals surface area contributed by atoms with Crippen molar-refractivity contribution in [2.45, 2.75) is 73.9 Å². The molecule has 4 unspecified atom stereocenters. The van der Waals surface area contributed by atoms with Crippen LogP contribution in [-0.4, -0.2) is 181 Å². The van der Waals surface area contributed by atoms with Crippen LogP contribution in [0.2, 0.25) is 0 Å². The van der Waals surface area contributed by atoms with Crippen molar-refractivity contribution in [3.8, 4) is 0 Å². The minimum absolute atomic E-state index is 0.00692. The molecule has 0 aromatic carbocycles. The Bertz CT molecular complexity index is 3430. The van der Waals surface area contributed by atoms with Gasteiger partial charge in [0.25, 0.3) is 17.1 Å². The fourth-order valence-electron chi connectivity index (χ4n) is 8.75. The molecular formula is C36H52N13O25P4+. The van der Waals surface area contributed by atoms with Gasteiger partial charge in [-0.1, -0.05) is 4.98 Å². The van der Waals surface area contributed by atoms with E-state index in [1.807, 2.05) is 4.98 Å². The van der Waals surface area contributed by atoms with Crippen molar-refractivity contribution < 1.29 is 108 Å². The summed E-state index contributed by atoms with van der Waals surface area (Å²) in [7, 11) is -17.0. The van der Waals surface area contributed by atoms with Crippen LogP contribution in [0.1, 0.15) is 25.1 Å². The molecule has 430 valence electrons. The smallest absolute Gasteiger partial charge is 0.387 e. The molecule has 12 N–H and O–H groups in total. The Morgan fingerprint density at radius 2 is 1.41 bits per heavy atom. The fraction of sp³-hybridized carbons (Fsp3) is 0.583. The zero-order valence-corrected chi connectivity index (χ0v) is 44.6. The second-order valence-corrected chi connectivity index (χ2v) is 23.6. The molecule has 0 radical (unpaired) electrons. The molecule has 3 aliphatic rings. The van der Waals surface area contributed by atoms with Crippen LogP contribution in [0.5, 0.6) is 0 Å². The molecule has 38 nitrogen and oxygen atoms in total. The lowest BCUT2D eigenvalue weighted by molar-refractivity contribution is -0.745. The van der Waals surface area contributed by atoms with Gasteiger partial charge in [-0.25, -0.2) is 42.6 Å². The van der Waals surface area contributed by atoms with Crippen molar-refractivity contribution in [3.05, 3.63) is 62.4 Å². The highest BCUT2D eigenvalue weighted by Crippen LogP contribution is 2.68. The number of hydrogen-bond donors (Lipinski definition) is 10. The molecule has 5 aromatic heterocycles. The number of carbonyl (C=O) groups is 1. The van der Waals surface area contributed by atoms with E-state index < -0.39 is 154 Å².